The van der Waals surface area contributed by atoms with Crippen LogP contribution in [0.3, 0.4) is 0 Å². The summed E-state index contributed by atoms with van der Waals surface area (Å²) >= 11 is 5.63. The van der Waals surface area contributed by atoms with Gasteiger partial charge in [-0.25, -0.2) is 4.39 Å². The Kier molecular flexibility index (Phi) is 5.19. The van der Waals surface area contributed by atoms with Gasteiger partial charge in [0.1, 0.15) is 10.7 Å². The van der Waals surface area contributed by atoms with Crippen LogP contribution in [0.5, 0.6) is 0 Å². The summed E-state index contributed by atoms with van der Waals surface area (Å²) in [5.74, 6) is -1.62. The number of nitrogens with zero attached hydrogens (tertiary/aromatic N) is 4. The van der Waals surface area contributed by atoms with Gasteiger partial charge in [0.05, 0.1) is 24.1 Å². The van der Waals surface area contributed by atoms with Gasteiger partial charge in [-0.15, -0.1) is 0 Å². The number of nitrogens with one attached hydrogen (secondary N) is 1. The average Bonchev–Trinajstić information content (AvgIpc) is 3.12. The predicted octanol–water partition coefficient (Wildman–Crippen LogP) is 1.94. The highest BCUT2D eigenvalue weighted by atomic mass is 35.5. The van der Waals surface area contributed by atoms with Crippen molar-refractivity contribution >= 4 is 27.5 Å². The van der Waals surface area contributed by atoms with Crippen LogP contribution in [-0.2, 0) is 16.6 Å². The van der Waals surface area contributed by atoms with Crippen LogP contribution >= 0.6 is 11.6 Å². The van der Waals surface area contributed by atoms with Crippen molar-refractivity contribution < 1.29 is 17.6 Å². The van der Waals surface area contributed by atoms with Crippen LogP contribution in [-0.4, -0.2) is 33.5 Å². The summed E-state index contributed by atoms with van der Waals surface area (Å²) < 4.78 is 39.4. The van der Waals surface area contributed by atoms with Gasteiger partial charge >= 0.3 is 0 Å². The Morgan fingerprint density at radius 1 is 1.26 bits per heavy atom. The molecule has 140 valence electrons. The smallest absolute Gasteiger partial charge is 0.285 e. The monoisotopic (exact) mass is 409 g/mol. The number of benzene rings is 1. The van der Waals surface area contributed by atoms with Crippen molar-refractivity contribution in [1.29, 1.82) is 0 Å². The molecular weight excluding hydrogens is 397 g/mol. The number of aryl methyl sites for hydroxylation is 1. The summed E-state index contributed by atoms with van der Waals surface area (Å²) in [6.07, 6.45) is 4.13. The largest absolute Gasteiger partial charge is 0.345 e. The highest BCUT2D eigenvalue weighted by molar-refractivity contribution is 7.89. The van der Waals surface area contributed by atoms with Gasteiger partial charge in [0, 0.05) is 17.4 Å². The molecule has 2 aromatic heterocycles. The zero-order chi connectivity index (χ0) is 19.6. The van der Waals surface area contributed by atoms with E-state index in [1.54, 1.807) is 13.1 Å². The molecule has 11 heteroatoms. The molecule has 0 unspecified atom stereocenters. The molecule has 1 aromatic carbocycles. The standard InChI is InChI=1S/C16H13ClFN5O3S/c1-10-7-20-12(8-19-10)9-21-16(24)14-4-5-23(22-14)27(25,26)15-3-2-11(17)6-13(15)18/h2-8H,9H2,1H3,(H,21,24). The number of hydrogen-bond donors (Lipinski definition) is 1. The van der Waals surface area contributed by atoms with Crippen LogP contribution in [0.15, 0.2) is 47.8 Å². The molecule has 0 fully saturated rings. The minimum absolute atomic E-state index is 0.0613. The zero-order valence-corrected chi connectivity index (χ0v) is 15.5. The lowest BCUT2D eigenvalue weighted by Crippen LogP contribution is -2.24. The summed E-state index contributed by atoms with van der Waals surface area (Å²) in [6.45, 7) is 1.88. The second-order valence-electron chi connectivity index (χ2n) is 5.49. The molecule has 0 atom stereocenters. The molecule has 0 aliphatic rings. The third-order valence-electron chi connectivity index (χ3n) is 3.48. The maximum absolute atomic E-state index is 13.9. The minimum Gasteiger partial charge on any atom is -0.345 e. The molecule has 0 bridgehead atoms. The molecule has 0 spiro atoms. The van der Waals surface area contributed by atoms with Crippen LogP contribution in [0.4, 0.5) is 4.39 Å². The second-order valence-corrected chi connectivity index (χ2v) is 7.69. The van der Waals surface area contributed by atoms with Crippen molar-refractivity contribution in [2.75, 3.05) is 0 Å². The molecule has 3 aromatic rings. The van der Waals surface area contributed by atoms with E-state index in [2.05, 4.69) is 20.4 Å². The summed E-state index contributed by atoms with van der Waals surface area (Å²) in [5.41, 5.74) is 1.13. The fraction of sp³-hybridized carbons (Fsp3) is 0.125. The number of hydrogen-bond acceptors (Lipinski definition) is 6. The highest BCUT2D eigenvalue weighted by Crippen LogP contribution is 2.21. The van der Waals surface area contributed by atoms with E-state index in [-0.39, 0.29) is 17.3 Å². The van der Waals surface area contributed by atoms with Crippen molar-refractivity contribution in [2.45, 2.75) is 18.4 Å². The van der Waals surface area contributed by atoms with Gasteiger partial charge in [-0.3, -0.25) is 14.8 Å². The molecule has 8 nitrogen and oxygen atoms in total. The van der Waals surface area contributed by atoms with Gasteiger partial charge in [-0.2, -0.15) is 17.6 Å². The van der Waals surface area contributed by atoms with E-state index in [4.69, 9.17) is 11.6 Å². The molecule has 0 aliphatic carbocycles. The molecule has 0 saturated carbocycles. The second kappa shape index (κ2) is 7.41. The van der Waals surface area contributed by atoms with Gasteiger partial charge in [0.15, 0.2) is 5.69 Å². The van der Waals surface area contributed by atoms with E-state index >= 15 is 0 Å². The predicted molar refractivity (Wildman–Crippen MR) is 94.2 cm³/mol. The summed E-state index contributed by atoms with van der Waals surface area (Å²) in [7, 11) is -4.30. The maximum atomic E-state index is 13.9. The Labute approximate surface area is 159 Å². The number of rotatable bonds is 5. The Balaban J connectivity index is 1.77. The molecule has 0 radical (unpaired) electrons. The number of amides is 1. The first-order valence-corrected chi connectivity index (χ1v) is 9.41. The van der Waals surface area contributed by atoms with Crippen molar-refractivity contribution in [1.82, 2.24) is 24.5 Å². The fourth-order valence-corrected chi connectivity index (χ4v) is 3.44. The quantitative estimate of drug-likeness (QED) is 0.690. The van der Waals surface area contributed by atoms with E-state index in [0.29, 0.717) is 9.78 Å². The lowest BCUT2D eigenvalue weighted by molar-refractivity contribution is 0.0945. The van der Waals surface area contributed by atoms with Crippen LogP contribution in [0.2, 0.25) is 5.02 Å². The van der Waals surface area contributed by atoms with Crippen LogP contribution < -0.4 is 5.32 Å². The number of carbonyl (C=O) groups is 1. The van der Waals surface area contributed by atoms with Gasteiger partial charge in [0.2, 0.25) is 0 Å². The van der Waals surface area contributed by atoms with Gasteiger partial charge in [-0.05, 0) is 31.2 Å². The fourth-order valence-electron chi connectivity index (χ4n) is 2.12. The van der Waals surface area contributed by atoms with E-state index in [1.165, 1.54) is 18.3 Å². The van der Waals surface area contributed by atoms with Crippen LogP contribution in [0, 0.1) is 12.7 Å². The third-order valence-corrected chi connectivity index (χ3v) is 5.30. The van der Waals surface area contributed by atoms with Crippen molar-refractivity contribution in [3.05, 3.63) is 70.8 Å². The Hall–Kier alpha value is -2.85. The SMILES string of the molecule is Cc1cnc(CNC(=O)c2ccn(S(=O)(=O)c3ccc(Cl)cc3F)n2)cn1. The lowest BCUT2D eigenvalue weighted by Gasteiger charge is -2.06. The first-order chi connectivity index (χ1) is 12.8. The van der Waals surface area contributed by atoms with Crippen LogP contribution in [0.1, 0.15) is 21.9 Å². The molecular formula is C16H13ClFN5O3S. The van der Waals surface area contributed by atoms with Gasteiger partial charge in [0.25, 0.3) is 15.9 Å². The lowest BCUT2D eigenvalue weighted by atomic mass is 10.3. The molecule has 27 heavy (non-hydrogen) atoms. The third kappa shape index (κ3) is 4.12. The van der Waals surface area contributed by atoms with E-state index in [0.717, 1.165) is 24.0 Å². The normalized spacial score (nSPS) is 11.4. The maximum Gasteiger partial charge on any atom is 0.285 e. The Bertz CT molecular complexity index is 1100. The number of carbonyl (C=O) groups excluding carboxylic acids is 1. The average molecular weight is 410 g/mol. The molecule has 1 N–H and O–H groups in total. The first-order valence-electron chi connectivity index (χ1n) is 7.59. The Morgan fingerprint density at radius 3 is 2.70 bits per heavy atom. The molecule has 0 aliphatic heterocycles. The molecule has 2 heterocycles. The van der Waals surface area contributed by atoms with Crippen molar-refractivity contribution in [3.8, 4) is 0 Å². The molecule has 3 rings (SSSR count). The van der Waals surface area contributed by atoms with Crippen molar-refractivity contribution in [2.24, 2.45) is 0 Å². The van der Waals surface area contributed by atoms with Crippen molar-refractivity contribution in [3.63, 3.8) is 0 Å². The van der Waals surface area contributed by atoms with Gasteiger partial charge in [-0.1, -0.05) is 11.6 Å². The van der Waals surface area contributed by atoms with E-state index in [9.17, 15) is 17.6 Å². The summed E-state index contributed by atoms with van der Waals surface area (Å²) in [6, 6.07) is 4.37. The van der Waals surface area contributed by atoms with Crippen LogP contribution in [0.25, 0.3) is 0 Å². The minimum atomic E-state index is -4.30. The van der Waals surface area contributed by atoms with E-state index < -0.39 is 26.6 Å². The topological polar surface area (TPSA) is 107 Å². The van der Waals surface area contributed by atoms with E-state index in [1.807, 2.05) is 0 Å². The summed E-state index contributed by atoms with van der Waals surface area (Å²) in [4.78, 5) is 19.7. The zero-order valence-electron chi connectivity index (χ0n) is 13.9. The summed E-state index contributed by atoms with van der Waals surface area (Å²) in [5, 5.41) is 6.34. The molecule has 1 amide bonds. The molecule has 0 saturated heterocycles. The highest BCUT2D eigenvalue weighted by Gasteiger charge is 2.23. The Morgan fingerprint density at radius 2 is 2.04 bits per heavy atom. The number of aromatic nitrogens is 4. The first kappa shape index (κ1) is 18.9. The van der Waals surface area contributed by atoms with Gasteiger partial charge < -0.3 is 5.32 Å². The number of halogens is 2.